The van der Waals surface area contributed by atoms with Gasteiger partial charge in [-0.3, -0.25) is 4.79 Å². The molecule has 2 aromatic rings. The average Bonchev–Trinajstić information content (AvgIpc) is 2.55. The summed E-state index contributed by atoms with van der Waals surface area (Å²) in [6.07, 6.45) is 3.09. The van der Waals surface area contributed by atoms with Crippen LogP contribution in [0.25, 0.3) is 0 Å². The third-order valence-electron chi connectivity index (χ3n) is 3.00. The summed E-state index contributed by atoms with van der Waals surface area (Å²) in [7, 11) is 3.10. The van der Waals surface area contributed by atoms with E-state index in [2.05, 4.69) is 21.2 Å². The minimum Gasteiger partial charge on any atom is -0.493 e. The summed E-state index contributed by atoms with van der Waals surface area (Å²) in [5.41, 5.74) is 1.44. The highest BCUT2D eigenvalue weighted by Gasteiger charge is 2.08. The molecule has 22 heavy (non-hydrogen) atoms. The van der Waals surface area contributed by atoms with Gasteiger partial charge in [0.05, 0.1) is 14.2 Å². The number of carbonyl (C=O) groups excluding carboxylic acids is 1. The monoisotopic (exact) mass is 361 g/mol. The standard InChI is InChI=1S/C17H16BrNO3/c1-21-16-8-3-12(11-17(16)22-2)15(20)9-10-19-14-6-4-13(18)5-7-14/h3-11,19H,1-2H3/b10-9+. The second kappa shape index (κ2) is 7.66. The van der Waals surface area contributed by atoms with Crippen molar-refractivity contribution in [2.45, 2.75) is 0 Å². The number of nitrogens with one attached hydrogen (secondary N) is 1. The summed E-state index contributed by atoms with van der Waals surface area (Å²) in [6, 6.07) is 12.7. The Labute approximate surface area is 137 Å². The van der Waals surface area contributed by atoms with E-state index < -0.39 is 0 Å². The van der Waals surface area contributed by atoms with Gasteiger partial charge in [-0.15, -0.1) is 0 Å². The Morgan fingerprint density at radius 1 is 1.05 bits per heavy atom. The lowest BCUT2D eigenvalue weighted by molar-refractivity contribution is 0.104. The molecule has 4 nitrogen and oxygen atoms in total. The van der Waals surface area contributed by atoms with Crippen molar-refractivity contribution >= 4 is 27.4 Å². The van der Waals surface area contributed by atoms with Crippen LogP contribution in [0.1, 0.15) is 10.4 Å². The number of hydrogen-bond donors (Lipinski definition) is 1. The molecule has 0 aliphatic heterocycles. The maximum absolute atomic E-state index is 12.1. The van der Waals surface area contributed by atoms with E-state index in [1.807, 2.05) is 24.3 Å². The first kappa shape index (κ1) is 16.1. The predicted molar refractivity (Wildman–Crippen MR) is 90.8 cm³/mol. The first-order valence-corrected chi connectivity index (χ1v) is 7.38. The van der Waals surface area contributed by atoms with Crippen LogP contribution in [0.3, 0.4) is 0 Å². The minimum absolute atomic E-state index is 0.120. The van der Waals surface area contributed by atoms with Gasteiger partial charge in [-0.05, 0) is 42.5 Å². The van der Waals surface area contributed by atoms with Gasteiger partial charge in [0, 0.05) is 28.0 Å². The molecule has 1 N–H and O–H groups in total. The summed E-state index contributed by atoms with van der Waals surface area (Å²) in [5.74, 6) is 1.00. The molecule has 0 aromatic heterocycles. The molecule has 0 heterocycles. The summed E-state index contributed by atoms with van der Waals surface area (Å²) in [5, 5.41) is 3.05. The molecule has 0 saturated heterocycles. The van der Waals surface area contributed by atoms with E-state index in [0.717, 1.165) is 10.2 Å². The lowest BCUT2D eigenvalue weighted by atomic mass is 10.1. The molecule has 0 aliphatic rings. The summed E-state index contributed by atoms with van der Waals surface area (Å²) in [4.78, 5) is 12.1. The smallest absolute Gasteiger partial charge is 0.187 e. The second-order valence-corrected chi connectivity index (χ2v) is 5.33. The first-order valence-electron chi connectivity index (χ1n) is 6.59. The Morgan fingerprint density at radius 3 is 2.36 bits per heavy atom. The van der Waals surface area contributed by atoms with E-state index in [1.54, 1.807) is 31.5 Å². The van der Waals surface area contributed by atoms with Crippen LogP contribution in [0.15, 0.2) is 59.2 Å². The van der Waals surface area contributed by atoms with Gasteiger partial charge in [-0.2, -0.15) is 0 Å². The van der Waals surface area contributed by atoms with Crippen molar-refractivity contribution in [1.82, 2.24) is 0 Å². The molecule has 0 amide bonds. The SMILES string of the molecule is COc1ccc(C(=O)/C=C/Nc2ccc(Br)cc2)cc1OC. The molecule has 0 radical (unpaired) electrons. The molecule has 0 unspecified atom stereocenters. The topological polar surface area (TPSA) is 47.6 Å². The van der Waals surface area contributed by atoms with Crippen LogP contribution in [0, 0.1) is 0 Å². The quantitative estimate of drug-likeness (QED) is 0.616. The molecule has 114 valence electrons. The van der Waals surface area contributed by atoms with E-state index in [-0.39, 0.29) is 5.78 Å². The summed E-state index contributed by atoms with van der Waals surface area (Å²) >= 11 is 3.37. The number of rotatable bonds is 6. The van der Waals surface area contributed by atoms with E-state index in [0.29, 0.717) is 17.1 Å². The van der Waals surface area contributed by atoms with Gasteiger partial charge in [0.1, 0.15) is 0 Å². The Morgan fingerprint density at radius 2 is 1.73 bits per heavy atom. The van der Waals surface area contributed by atoms with Crippen LogP contribution in [-0.4, -0.2) is 20.0 Å². The van der Waals surface area contributed by atoms with Crippen LogP contribution in [-0.2, 0) is 0 Å². The zero-order valence-corrected chi connectivity index (χ0v) is 13.9. The molecule has 2 rings (SSSR count). The number of ketones is 1. The highest BCUT2D eigenvalue weighted by atomic mass is 79.9. The fourth-order valence-electron chi connectivity index (χ4n) is 1.85. The maximum Gasteiger partial charge on any atom is 0.187 e. The molecule has 5 heteroatoms. The van der Waals surface area contributed by atoms with Crippen molar-refractivity contribution in [3.8, 4) is 11.5 Å². The molecule has 0 aliphatic carbocycles. The Kier molecular flexibility index (Phi) is 5.61. The van der Waals surface area contributed by atoms with Gasteiger partial charge < -0.3 is 14.8 Å². The van der Waals surface area contributed by atoms with Crippen LogP contribution in [0.2, 0.25) is 0 Å². The van der Waals surface area contributed by atoms with Gasteiger partial charge >= 0.3 is 0 Å². The van der Waals surface area contributed by atoms with Gasteiger partial charge in [-0.25, -0.2) is 0 Å². The molecule has 0 atom stereocenters. The molecular formula is C17H16BrNO3. The molecule has 2 aromatic carbocycles. The number of hydrogen-bond acceptors (Lipinski definition) is 4. The summed E-state index contributed by atoms with van der Waals surface area (Å²) in [6.45, 7) is 0. The first-order chi connectivity index (χ1) is 10.6. The summed E-state index contributed by atoms with van der Waals surface area (Å²) < 4.78 is 11.3. The van der Waals surface area contributed by atoms with Crippen molar-refractivity contribution in [1.29, 1.82) is 0 Å². The number of carbonyl (C=O) groups is 1. The molecule has 0 bridgehead atoms. The van der Waals surface area contributed by atoms with E-state index in [1.165, 1.54) is 13.2 Å². The van der Waals surface area contributed by atoms with E-state index in [9.17, 15) is 4.79 Å². The van der Waals surface area contributed by atoms with Gasteiger partial charge in [0.15, 0.2) is 17.3 Å². The average molecular weight is 362 g/mol. The Bertz CT molecular complexity index is 681. The predicted octanol–water partition coefficient (Wildman–Crippen LogP) is 4.27. The molecular weight excluding hydrogens is 346 g/mol. The number of allylic oxidation sites excluding steroid dienone is 1. The van der Waals surface area contributed by atoms with E-state index >= 15 is 0 Å². The number of anilines is 1. The van der Waals surface area contributed by atoms with Gasteiger partial charge in [-0.1, -0.05) is 15.9 Å². The number of benzene rings is 2. The van der Waals surface area contributed by atoms with Crippen LogP contribution in [0.4, 0.5) is 5.69 Å². The maximum atomic E-state index is 12.1. The Hall–Kier alpha value is -2.27. The van der Waals surface area contributed by atoms with Crippen molar-refractivity contribution < 1.29 is 14.3 Å². The van der Waals surface area contributed by atoms with Crippen molar-refractivity contribution in [2.24, 2.45) is 0 Å². The van der Waals surface area contributed by atoms with Crippen molar-refractivity contribution in [3.05, 3.63) is 64.8 Å². The van der Waals surface area contributed by atoms with Gasteiger partial charge in [0.25, 0.3) is 0 Å². The van der Waals surface area contributed by atoms with Crippen molar-refractivity contribution in [2.75, 3.05) is 19.5 Å². The zero-order chi connectivity index (χ0) is 15.9. The van der Waals surface area contributed by atoms with Gasteiger partial charge in [0.2, 0.25) is 0 Å². The molecule has 0 saturated carbocycles. The highest BCUT2D eigenvalue weighted by Crippen LogP contribution is 2.27. The van der Waals surface area contributed by atoms with E-state index in [4.69, 9.17) is 9.47 Å². The van der Waals surface area contributed by atoms with Crippen LogP contribution in [0.5, 0.6) is 11.5 Å². The lowest BCUT2D eigenvalue weighted by Crippen LogP contribution is -1.98. The van der Waals surface area contributed by atoms with Crippen LogP contribution < -0.4 is 14.8 Å². The minimum atomic E-state index is -0.120. The number of methoxy groups -OCH3 is 2. The van der Waals surface area contributed by atoms with Crippen molar-refractivity contribution in [3.63, 3.8) is 0 Å². The third kappa shape index (κ3) is 4.11. The van der Waals surface area contributed by atoms with Crippen LogP contribution >= 0.6 is 15.9 Å². The second-order valence-electron chi connectivity index (χ2n) is 4.42. The lowest BCUT2D eigenvalue weighted by Gasteiger charge is -2.08. The fraction of sp³-hybridized carbons (Fsp3) is 0.118. The fourth-order valence-corrected chi connectivity index (χ4v) is 2.11. The molecule has 0 spiro atoms. The zero-order valence-electron chi connectivity index (χ0n) is 12.3. The largest absolute Gasteiger partial charge is 0.493 e. The number of ether oxygens (including phenoxy) is 2. The number of halogens is 1. The third-order valence-corrected chi connectivity index (χ3v) is 3.53. The molecule has 0 fully saturated rings. The Balaban J connectivity index is 2.05. The normalized spacial score (nSPS) is 10.5. The highest BCUT2D eigenvalue weighted by molar-refractivity contribution is 9.10.